The Morgan fingerprint density at radius 2 is 1.91 bits per heavy atom. The van der Waals surface area contributed by atoms with E-state index in [1.54, 1.807) is 4.57 Å². The van der Waals surface area contributed by atoms with Gasteiger partial charge in [-0.1, -0.05) is 19.6 Å². The highest BCUT2D eigenvalue weighted by molar-refractivity contribution is 6.76. The van der Waals surface area contributed by atoms with E-state index in [-0.39, 0.29) is 12.4 Å². The highest BCUT2D eigenvalue weighted by Gasteiger charge is 2.40. The Morgan fingerprint density at radius 3 is 2.58 bits per heavy atom. The smallest absolute Gasteiger partial charge is 0.412 e. The van der Waals surface area contributed by atoms with E-state index in [2.05, 4.69) is 39.9 Å². The number of carbonyl (C=O) groups excluding carboxylic acids is 3. The number of esters is 2. The molecule has 0 saturated carbocycles. The molecule has 12 nitrogen and oxygen atoms in total. The minimum Gasteiger partial charge on any atom is -0.463 e. The third kappa shape index (κ3) is 6.71. The molecule has 180 valence electrons. The van der Waals surface area contributed by atoms with Gasteiger partial charge in [-0.15, -0.1) is 0 Å². The summed E-state index contributed by atoms with van der Waals surface area (Å²) >= 11 is 0. The summed E-state index contributed by atoms with van der Waals surface area (Å²) in [6, 6.07) is 0.852. The molecule has 0 radical (unpaired) electrons. The monoisotopic (exact) mass is 479 g/mol. The number of carbonyl (C=O) groups is 3. The molecule has 13 heteroatoms. The Morgan fingerprint density at radius 1 is 1.15 bits per heavy atom. The molecular formula is C20H29N5O7Si. The first-order valence-electron chi connectivity index (χ1n) is 10.6. The molecule has 0 unspecified atom stereocenters. The van der Waals surface area contributed by atoms with Crippen LogP contribution in [0.2, 0.25) is 25.7 Å². The van der Waals surface area contributed by atoms with Crippen molar-refractivity contribution in [3.63, 3.8) is 0 Å². The molecule has 0 bridgehead atoms. The van der Waals surface area contributed by atoms with Gasteiger partial charge in [0.15, 0.2) is 17.0 Å². The van der Waals surface area contributed by atoms with Crippen molar-refractivity contribution >= 4 is 43.1 Å². The van der Waals surface area contributed by atoms with Crippen molar-refractivity contribution < 1.29 is 33.3 Å². The fraction of sp³-hybridized carbons (Fsp3) is 0.600. The van der Waals surface area contributed by atoms with Gasteiger partial charge in [-0.25, -0.2) is 19.7 Å². The predicted molar refractivity (Wildman–Crippen MR) is 119 cm³/mol. The number of amides is 1. The number of anilines is 1. The quantitative estimate of drug-likeness (QED) is 0.340. The first-order chi connectivity index (χ1) is 15.5. The van der Waals surface area contributed by atoms with Crippen LogP contribution in [0.4, 0.5) is 10.6 Å². The number of aromatic nitrogens is 4. The fourth-order valence-corrected chi connectivity index (χ4v) is 4.01. The summed E-state index contributed by atoms with van der Waals surface area (Å²) in [5.74, 6) is -0.714. The molecule has 0 spiro atoms. The van der Waals surface area contributed by atoms with Gasteiger partial charge in [0, 0.05) is 28.3 Å². The number of nitrogens with one attached hydrogen (secondary N) is 1. The number of nitrogens with zero attached hydrogens (tertiary/aromatic N) is 4. The second-order valence-electron chi connectivity index (χ2n) is 8.93. The van der Waals surface area contributed by atoms with Gasteiger partial charge in [0.2, 0.25) is 0 Å². The Hall–Kier alpha value is -3.06. The van der Waals surface area contributed by atoms with E-state index in [4.69, 9.17) is 18.9 Å². The number of hydrogen-bond acceptors (Lipinski definition) is 10. The molecule has 1 fully saturated rings. The summed E-state index contributed by atoms with van der Waals surface area (Å²) in [6.07, 6.45) is 0.675. The first kappa shape index (κ1) is 24.6. The topological polar surface area (TPSA) is 144 Å². The second-order valence-corrected chi connectivity index (χ2v) is 14.6. The van der Waals surface area contributed by atoms with Crippen LogP contribution >= 0.6 is 0 Å². The lowest BCUT2D eigenvalue weighted by Crippen LogP contribution is -2.31. The van der Waals surface area contributed by atoms with E-state index < -0.39 is 44.5 Å². The standard InChI is InChI=1S/C20H29N5O7Si/c1-12(26)30-9-15-14(31-13(2)27)8-16(32-15)25-11-23-17-18(21-10-22-19(17)25)24-20(28)29-6-7-33(3,4)5/h10-11,14-16H,6-9H2,1-5H3,(H,21,22,24,28)/t14-,15+,16+/m0/s1. The van der Waals surface area contributed by atoms with E-state index in [0.717, 1.165) is 6.04 Å². The molecule has 3 rings (SSSR count). The largest absolute Gasteiger partial charge is 0.463 e. The van der Waals surface area contributed by atoms with Crippen LogP contribution < -0.4 is 5.32 Å². The molecule has 2 aromatic rings. The molecule has 1 amide bonds. The minimum atomic E-state index is -1.32. The second kappa shape index (κ2) is 10.3. The molecule has 1 N–H and O–H groups in total. The van der Waals surface area contributed by atoms with E-state index in [9.17, 15) is 14.4 Å². The zero-order chi connectivity index (χ0) is 24.2. The van der Waals surface area contributed by atoms with Crippen LogP contribution in [0.25, 0.3) is 11.2 Å². The normalized spacial score (nSPS) is 20.5. The van der Waals surface area contributed by atoms with Crippen LogP contribution in [0.1, 0.15) is 26.5 Å². The van der Waals surface area contributed by atoms with E-state index in [0.29, 0.717) is 24.2 Å². The van der Waals surface area contributed by atoms with Gasteiger partial charge in [0.25, 0.3) is 0 Å². The van der Waals surface area contributed by atoms with Gasteiger partial charge < -0.3 is 18.9 Å². The van der Waals surface area contributed by atoms with E-state index >= 15 is 0 Å². The van der Waals surface area contributed by atoms with Crippen LogP contribution in [-0.2, 0) is 28.5 Å². The fourth-order valence-electron chi connectivity index (χ4n) is 3.29. The summed E-state index contributed by atoms with van der Waals surface area (Å²) in [5, 5.41) is 2.61. The Balaban J connectivity index is 1.73. The third-order valence-electron chi connectivity index (χ3n) is 4.92. The molecule has 3 heterocycles. The SMILES string of the molecule is CC(=O)OC[C@H]1O[C@@H](n2cnc3c(NC(=O)OCC[Si](C)(C)C)ncnc32)C[C@@H]1OC(C)=O. The zero-order valence-corrected chi connectivity index (χ0v) is 20.4. The average Bonchev–Trinajstić information content (AvgIpc) is 3.29. The van der Waals surface area contributed by atoms with Crippen LogP contribution in [0, 0.1) is 0 Å². The third-order valence-corrected chi connectivity index (χ3v) is 6.63. The summed E-state index contributed by atoms with van der Waals surface area (Å²) in [5.41, 5.74) is 0.776. The molecular weight excluding hydrogens is 450 g/mol. The van der Waals surface area contributed by atoms with Crippen molar-refractivity contribution in [3.05, 3.63) is 12.7 Å². The highest BCUT2D eigenvalue weighted by atomic mass is 28.3. The number of hydrogen-bond donors (Lipinski definition) is 1. The number of rotatable bonds is 8. The predicted octanol–water partition coefficient (Wildman–Crippen LogP) is 2.50. The lowest BCUT2D eigenvalue weighted by Gasteiger charge is -2.17. The maximum atomic E-state index is 12.2. The number of imidazole rings is 1. The maximum absolute atomic E-state index is 12.2. The number of fused-ring (bicyclic) bond motifs is 1. The van der Waals surface area contributed by atoms with Crippen molar-refractivity contribution in [1.82, 2.24) is 19.5 Å². The van der Waals surface area contributed by atoms with Crippen LogP contribution in [0.3, 0.4) is 0 Å². The summed E-state index contributed by atoms with van der Waals surface area (Å²) in [6.45, 7) is 9.46. The van der Waals surface area contributed by atoms with Crippen molar-refractivity contribution in [3.8, 4) is 0 Å². The molecule has 1 saturated heterocycles. The molecule has 3 atom stereocenters. The zero-order valence-electron chi connectivity index (χ0n) is 19.4. The molecule has 33 heavy (non-hydrogen) atoms. The summed E-state index contributed by atoms with van der Waals surface area (Å²) < 4.78 is 23.3. The number of ether oxygens (including phenoxy) is 4. The Kier molecular flexibility index (Phi) is 7.63. The van der Waals surface area contributed by atoms with Crippen molar-refractivity contribution in [2.45, 2.75) is 64.4 Å². The minimum absolute atomic E-state index is 0.0541. The highest BCUT2D eigenvalue weighted by Crippen LogP contribution is 2.33. The lowest BCUT2D eigenvalue weighted by molar-refractivity contribution is -0.155. The Bertz CT molecular complexity index is 1020. The summed E-state index contributed by atoms with van der Waals surface area (Å²) in [4.78, 5) is 47.6. The molecule has 1 aliphatic rings. The first-order valence-corrected chi connectivity index (χ1v) is 14.3. The van der Waals surface area contributed by atoms with Gasteiger partial charge in [0.05, 0.1) is 12.9 Å². The molecule has 1 aliphatic heterocycles. The summed E-state index contributed by atoms with van der Waals surface area (Å²) in [7, 11) is -1.32. The van der Waals surface area contributed by atoms with E-state index in [1.165, 1.54) is 26.5 Å². The molecule has 2 aromatic heterocycles. The van der Waals surface area contributed by atoms with Gasteiger partial charge in [-0.05, 0) is 6.04 Å². The maximum Gasteiger partial charge on any atom is 0.412 e. The van der Waals surface area contributed by atoms with Crippen LogP contribution in [0.5, 0.6) is 0 Å². The van der Waals surface area contributed by atoms with Gasteiger partial charge in [-0.3, -0.25) is 19.5 Å². The van der Waals surface area contributed by atoms with Gasteiger partial charge in [-0.2, -0.15) is 0 Å². The van der Waals surface area contributed by atoms with Gasteiger partial charge in [0.1, 0.15) is 31.4 Å². The lowest BCUT2D eigenvalue weighted by atomic mass is 10.2. The van der Waals surface area contributed by atoms with Crippen molar-refractivity contribution in [2.24, 2.45) is 0 Å². The molecule has 0 aromatic carbocycles. The van der Waals surface area contributed by atoms with Crippen molar-refractivity contribution in [1.29, 1.82) is 0 Å². The van der Waals surface area contributed by atoms with Crippen LogP contribution in [-0.4, -0.2) is 71.0 Å². The average molecular weight is 480 g/mol. The van der Waals surface area contributed by atoms with Crippen LogP contribution in [0.15, 0.2) is 12.7 Å². The molecule has 0 aliphatic carbocycles. The van der Waals surface area contributed by atoms with Crippen molar-refractivity contribution in [2.75, 3.05) is 18.5 Å². The Labute approximate surface area is 192 Å². The van der Waals surface area contributed by atoms with E-state index in [1.807, 2.05) is 0 Å². The van der Waals surface area contributed by atoms with Gasteiger partial charge >= 0.3 is 18.0 Å².